The normalized spacial score (nSPS) is 8.16. The zero-order valence-electron chi connectivity index (χ0n) is 13.5. The second kappa shape index (κ2) is 16.2. The summed E-state index contributed by atoms with van der Waals surface area (Å²) in [6.07, 6.45) is 3.62. The maximum Gasteiger partial charge on any atom is 0 e. The van der Waals surface area contributed by atoms with Crippen molar-refractivity contribution in [3.63, 3.8) is 0 Å². The molecule has 0 saturated heterocycles. The van der Waals surface area contributed by atoms with E-state index in [0.29, 0.717) is 5.56 Å². The van der Waals surface area contributed by atoms with Gasteiger partial charge in [-0.15, -0.1) is 6.58 Å². The van der Waals surface area contributed by atoms with Crippen molar-refractivity contribution in [3.05, 3.63) is 71.8 Å². The minimum Gasteiger partial charge on any atom is 0 e. The van der Waals surface area contributed by atoms with E-state index in [9.17, 15) is 8.78 Å². The second-order valence-electron chi connectivity index (χ2n) is 4.45. The predicted molar refractivity (Wildman–Crippen MR) is 88.9 cm³/mol. The van der Waals surface area contributed by atoms with Crippen LogP contribution in [-0.4, -0.2) is 0 Å². The van der Waals surface area contributed by atoms with E-state index >= 15 is 0 Å². The van der Waals surface area contributed by atoms with Gasteiger partial charge in [-0.05, 0) is 41.7 Å². The fourth-order valence-corrected chi connectivity index (χ4v) is 1.98. The van der Waals surface area contributed by atoms with Crippen LogP contribution in [0.15, 0.2) is 49.1 Å². The summed E-state index contributed by atoms with van der Waals surface area (Å²) in [6.45, 7) is 3.67. The van der Waals surface area contributed by atoms with Crippen LogP contribution in [0.5, 0.6) is 0 Å². The summed E-state index contributed by atoms with van der Waals surface area (Å²) < 4.78 is 32.8. The molecular formula is C17H17F2N2PUV2. The summed E-state index contributed by atoms with van der Waals surface area (Å²) in [7, 11) is 0. The van der Waals surface area contributed by atoms with Crippen molar-refractivity contribution < 1.29 is 75.7 Å². The first-order chi connectivity index (χ1) is 10.7. The monoisotopic (exact) mass is 658 g/mol. The van der Waals surface area contributed by atoms with E-state index in [1.165, 1.54) is 18.2 Å². The van der Waals surface area contributed by atoms with Gasteiger partial charge in [0.1, 0.15) is 23.3 Å². The third-order valence-electron chi connectivity index (χ3n) is 3.08. The summed E-state index contributed by atoms with van der Waals surface area (Å²) >= 11 is 1.56. The van der Waals surface area contributed by atoms with Gasteiger partial charge >= 0.3 is 21.4 Å². The van der Waals surface area contributed by atoms with E-state index in [2.05, 4.69) is 6.58 Å². The van der Waals surface area contributed by atoms with Crippen molar-refractivity contribution in [3.8, 4) is 17.2 Å². The van der Waals surface area contributed by atoms with E-state index in [4.69, 9.17) is 9.47 Å². The molecule has 2 aromatic carbocycles. The average Bonchev–Trinajstić information content (AvgIpc) is 2.55. The molecule has 25 heavy (non-hydrogen) atoms. The largest absolute Gasteiger partial charge is 0 e. The molecule has 128 valence electrons. The van der Waals surface area contributed by atoms with Gasteiger partial charge in [-0.2, -0.15) is 15.2 Å². The van der Waals surface area contributed by atoms with Gasteiger partial charge in [0.05, 0.1) is 0 Å². The molecule has 1 N–H and O–H groups in total. The van der Waals surface area contributed by atoms with E-state index in [1.807, 2.05) is 30.3 Å². The smallest absolute Gasteiger partial charge is 0 e. The number of hydrogen-bond acceptors (Lipinski definition) is 2. The molecule has 0 aromatic heterocycles. The molecule has 0 aliphatic heterocycles. The topological polar surface area (TPSA) is 47.6 Å². The van der Waals surface area contributed by atoms with Crippen molar-refractivity contribution in [2.75, 3.05) is 0 Å². The molecule has 1 radical (unpaired) electrons. The van der Waals surface area contributed by atoms with Gasteiger partial charge in [0.2, 0.25) is 0 Å². The summed E-state index contributed by atoms with van der Waals surface area (Å²) in [4.78, 5) is 0. The van der Waals surface area contributed by atoms with Crippen LogP contribution in [-0.2, 0) is 42.2 Å². The first-order valence-electron chi connectivity index (χ1n) is 6.47. The number of allylic oxidation sites excluding steroid dienone is 1. The molecule has 2 rings (SSSR count). The summed E-state index contributed by atoms with van der Waals surface area (Å²) in [6, 6.07) is 11.4. The van der Waals surface area contributed by atoms with Crippen LogP contribution in [0, 0.1) is 58.3 Å². The van der Waals surface area contributed by atoms with Gasteiger partial charge in [-0.3, -0.25) is 0 Å². The van der Waals surface area contributed by atoms with Crippen LogP contribution < -0.4 is 0 Å². The van der Waals surface area contributed by atoms with Crippen LogP contribution in [0.3, 0.4) is 0 Å². The molecule has 0 saturated carbocycles. The first kappa shape index (κ1) is 29.7. The molecule has 8 heteroatoms. The zero-order chi connectivity index (χ0) is 16.5. The molecule has 1 unspecified atom stereocenters. The number of nitrogens with zero attached hydrogens (tertiary/aromatic N) is 1. The summed E-state index contributed by atoms with van der Waals surface area (Å²) in [5.41, 5.74) is 1.74. The Morgan fingerprint density at radius 1 is 1.08 bits per heavy atom. The molecule has 0 aliphatic rings. The van der Waals surface area contributed by atoms with E-state index in [1.54, 1.807) is 17.2 Å². The minimum absolute atomic E-state index is 0. The third-order valence-corrected chi connectivity index (χ3v) is 3.08. The standard InChI is InChI=1S/C17H13F2N.HN.H3P.U.2V/c1-2-3-4-12-5-7-13(8-6-12)14-9-16(18)15(11-20)17(19)10-14;;;;;/h2,5-10H,1,3-4H2;1H;1H3;;;. The summed E-state index contributed by atoms with van der Waals surface area (Å²) in [5.74, 6) is -1.67. The Labute approximate surface area is 195 Å². The quantitative estimate of drug-likeness (QED) is 0.367. The minimum atomic E-state index is -0.835. The number of halogens is 2. The zero-order valence-corrected chi connectivity index (χ0v) is 21.8. The SMILES string of the molecule is C=CCCc1ccc(-c2cc(F)c(C#N)c(F)c2)cc1.P.[NH]=[V].[U].[V]. The number of benzene rings is 2. The molecule has 0 fully saturated rings. The maximum absolute atomic E-state index is 13.6. The summed E-state index contributed by atoms with van der Waals surface area (Å²) in [5, 5.41) is 8.64. The van der Waals surface area contributed by atoms with Crippen LogP contribution >= 0.6 is 9.90 Å². The molecule has 2 nitrogen and oxygen atoms in total. The number of hydrogen-bond donors (Lipinski definition) is 1. The fourth-order valence-electron chi connectivity index (χ4n) is 1.98. The Morgan fingerprint density at radius 2 is 1.56 bits per heavy atom. The van der Waals surface area contributed by atoms with Crippen LogP contribution in [0.4, 0.5) is 8.78 Å². The Morgan fingerprint density at radius 3 is 1.96 bits per heavy atom. The maximum atomic E-state index is 13.6. The predicted octanol–water partition coefficient (Wildman–Crippen LogP) is 4.97. The fraction of sp³-hybridized carbons (Fsp3) is 0.118. The molecule has 0 bridgehead atoms. The molecule has 0 amide bonds. The molecule has 0 heterocycles. The van der Waals surface area contributed by atoms with Crippen LogP contribution in [0.1, 0.15) is 17.5 Å². The van der Waals surface area contributed by atoms with Crippen molar-refractivity contribution in [1.82, 2.24) is 0 Å². The molecule has 0 spiro atoms. The molecule has 1 atom stereocenters. The van der Waals surface area contributed by atoms with Gasteiger partial charge in [-0.1, -0.05) is 30.3 Å². The Hall–Kier alpha value is -0.0192. The van der Waals surface area contributed by atoms with Crippen molar-refractivity contribution in [2.24, 2.45) is 0 Å². The molecule has 2 aromatic rings. The van der Waals surface area contributed by atoms with E-state index in [-0.39, 0.29) is 59.6 Å². The van der Waals surface area contributed by atoms with Gasteiger partial charge < -0.3 is 0 Å². The average molecular weight is 658 g/mol. The number of nitrogens with one attached hydrogen (secondary N) is 1. The van der Waals surface area contributed by atoms with Gasteiger partial charge in [0.25, 0.3) is 0 Å². The molecule has 0 aliphatic carbocycles. The number of rotatable bonds is 4. The van der Waals surface area contributed by atoms with Gasteiger partial charge in [-0.25, -0.2) is 8.78 Å². The molecular weight excluding hydrogens is 641 g/mol. The third kappa shape index (κ3) is 8.95. The Bertz CT molecular complexity index is 684. The second-order valence-corrected chi connectivity index (χ2v) is 4.45. The van der Waals surface area contributed by atoms with E-state index in [0.717, 1.165) is 24.0 Å². The van der Waals surface area contributed by atoms with Crippen LogP contribution in [0.25, 0.3) is 11.1 Å². The van der Waals surface area contributed by atoms with Crippen molar-refractivity contribution >= 4 is 9.90 Å². The first-order valence-corrected chi connectivity index (χ1v) is 7.17. The van der Waals surface area contributed by atoms with E-state index < -0.39 is 17.2 Å². The van der Waals surface area contributed by atoms with Gasteiger partial charge in [0, 0.05) is 49.7 Å². The van der Waals surface area contributed by atoms with Crippen molar-refractivity contribution in [2.45, 2.75) is 12.8 Å². The number of nitriles is 1. The van der Waals surface area contributed by atoms with Crippen LogP contribution in [0.2, 0.25) is 0 Å². The Balaban J connectivity index is -0.000000934. The Kier molecular flexibility index (Phi) is 19.2. The van der Waals surface area contributed by atoms with Crippen molar-refractivity contribution in [1.29, 1.82) is 9.47 Å². The van der Waals surface area contributed by atoms with Gasteiger partial charge in [0.15, 0.2) is 0 Å². The number of aryl methyl sites for hydroxylation is 1.